The number of aliphatic hydroxyl groups is 1. The third-order valence-corrected chi connectivity index (χ3v) is 1.82. The van der Waals surface area contributed by atoms with Crippen LogP contribution in [-0.2, 0) is 4.74 Å². The minimum absolute atomic E-state index is 0.248. The Morgan fingerprint density at radius 2 is 2.40 bits per heavy atom. The Bertz CT molecular complexity index is 125. The molecule has 0 spiro atoms. The molecule has 1 fully saturated rings. The molecule has 0 radical (unpaired) electrons. The van der Waals surface area contributed by atoms with E-state index in [0.29, 0.717) is 6.61 Å². The summed E-state index contributed by atoms with van der Waals surface area (Å²) in [6.07, 6.45) is -0.248. The third kappa shape index (κ3) is 1.03. The highest BCUT2D eigenvalue weighted by atomic mass is 16.5. The molecule has 0 saturated carbocycles. The average molecular weight is 146 g/mol. The molecule has 2 atom stereocenters. The van der Waals surface area contributed by atoms with E-state index in [-0.39, 0.29) is 6.23 Å². The first kappa shape index (κ1) is 7.94. The molecule has 1 aliphatic rings. The molecule has 60 valence electrons. The molecule has 0 amide bonds. The van der Waals surface area contributed by atoms with Gasteiger partial charge in [0.2, 0.25) is 0 Å². The van der Waals surface area contributed by atoms with E-state index in [9.17, 15) is 5.11 Å². The van der Waals surface area contributed by atoms with Crippen LogP contribution in [0, 0.1) is 0 Å². The Balaban J connectivity index is 2.39. The molecule has 2 N–H and O–H groups in total. The Hall–Kier alpha value is -0.160. The molecule has 1 rings (SSSR count). The highest BCUT2D eigenvalue weighted by Crippen LogP contribution is 2.22. The third-order valence-electron chi connectivity index (χ3n) is 1.82. The first-order chi connectivity index (χ1) is 4.59. The fraction of sp³-hybridized carbons (Fsp3) is 1.00. The summed E-state index contributed by atoms with van der Waals surface area (Å²) in [6.45, 7) is 4.22. The van der Waals surface area contributed by atoms with Crippen LogP contribution in [0.4, 0.5) is 0 Å². The van der Waals surface area contributed by atoms with Gasteiger partial charge < -0.3 is 9.84 Å². The maximum Gasteiger partial charge on any atom is 0.168 e. The molecule has 1 aliphatic heterocycles. The van der Waals surface area contributed by atoms with E-state index in [1.54, 1.807) is 19.0 Å². The smallest absolute Gasteiger partial charge is 0.168 e. The molecule has 1 unspecified atom stereocenters. The van der Waals surface area contributed by atoms with Crippen LogP contribution in [0.5, 0.6) is 0 Å². The van der Waals surface area contributed by atoms with E-state index in [4.69, 9.17) is 4.74 Å². The van der Waals surface area contributed by atoms with Crippen LogP contribution in [0.1, 0.15) is 13.8 Å². The predicted molar refractivity (Wildman–Crippen MR) is 36.9 cm³/mol. The summed E-state index contributed by atoms with van der Waals surface area (Å²) in [6, 6.07) is 0. The first-order valence-corrected chi connectivity index (χ1v) is 3.43. The van der Waals surface area contributed by atoms with E-state index in [2.05, 4.69) is 5.43 Å². The van der Waals surface area contributed by atoms with Crippen molar-refractivity contribution in [3.05, 3.63) is 0 Å². The Morgan fingerprint density at radius 1 is 1.80 bits per heavy atom. The van der Waals surface area contributed by atoms with Crippen LogP contribution < -0.4 is 5.43 Å². The summed E-state index contributed by atoms with van der Waals surface area (Å²) in [5, 5.41) is 11.1. The van der Waals surface area contributed by atoms with Crippen molar-refractivity contribution in [2.75, 3.05) is 13.7 Å². The minimum Gasteiger partial charge on any atom is -0.371 e. The van der Waals surface area contributed by atoms with Gasteiger partial charge >= 0.3 is 0 Å². The summed E-state index contributed by atoms with van der Waals surface area (Å²) in [7, 11) is 1.77. The standard InChI is InChI=1S/C6H14N2O2/c1-4-10-5-6(2,9)8(3)7-5/h5,7,9H,4H2,1-3H3/t5-,6?/m0/s1. The van der Waals surface area contributed by atoms with Crippen molar-refractivity contribution in [2.24, 2.45) is 0 Å². The van der Waals surface area contributed by atoms with Crippen molar-refractivity contribution < 1.29 is 9.84 Å². The molecular weight excluding hydrogens is 132 g/mol. The number of nitrogens with zero attached hydrogens (tertiary/aromatic N) is 1. The zero-order valence-electron chi connectivity index (χ0n) is 6.59. The van der Waals surface area contributed by atoms with Gasteiger partial charge in [-0.3, -0.25) is 0 Å². The highest BCUT2D eigenvalue weighted by molar-refractivity contribution is 4.86. The van der Waals surface area contributed by atoms with Crippen molar-refractivity contribution in [1.82, 2.24) is 10.4 Å². The SMILES string of the molecule is CCO[C@@H]1NN(C)C1(C)O. The molecule has 0 bridgehead atoms. The maximum atomic E-state index is 9.51. The zero-order valence-corrected chi connectivity index (χ0v) is 6.59. The van der Waals surface area contributed by atoms with Gasteiger partial charge in [-0.2, -0.15) is 0 Å². The Kier molecular flexibility index (Phi) is 1.96. The van der Waals surface area contributed by atoms with Crippen molar-refractivity contribution in [2.45, 2.75) is 25.8 Å². The van der Waals surface area contributed by atoms with Gasteiger partial charge in [-0.15, -0.1) is 0 Å². The number of hydrazine groups is 1. The van der Waals surface area contributed by atoms with E-state index < -0.39 is 5.72 Å². The second-order valence-corrected chi connectivity index (χ2v) is 2.62. The second-order valence-electron chi connectivity index (χ2n) is 2.62. The lowest BCUT2D eigenvalue weighted by Crippen LogP contribution is -2.76. The molecule has 0 aromatic heterocycles. The highest BCUT2D eigenvalue weighted by Gasteiger charge is 2.47. The van der Waals surface area contributed by atoms with Gasteiger partial charge in [0.25, 0.3) is 0 Å². The molecule has 0 aliphatic carbocycles. The van der Waals surface area contributed by atoms with Crippen LogP contribution in [0.2, 0.25) is 0 Å². The van der Waals surface area contributed by atoms with Crippen LogP contribution in [-0.4, -0.2) is 35.7 Å². The van der Waals surface area contributed by atoms with Gasteiger partial charge in [-0.25, -0.2) is 10.4 Å². The fourth-order valence-electron chi connectivity index (χ4n) is 0.900. The maximum absolute atomic E-state index is 9.51. The largest absolute Gasteiger partial charge is 0.371 e. The lowest BCUT2D eigenvalue weighted by atomic mass is 10.1. The summed E-state index contributed by atoms with van der Waals surface area (Å²) in [4.78, 5) is 0. The fourth-order valence-corrected chi connectivity index (χ4v) is 0.900. The Labute approximate surface area is 60.7 Å². The molecule has 10 heavy (non-hydrogen) atoms. The molecule has 4 heteroatoms. The molecule has 4 nitrogen and oxygen atoms in total. The molecular formula is C6H14N2O2. The van der Waals surface area contributed by atoms with E-state index >= 15 is 0 Å². The number of ether oxygens (including phenoxy) is 1. The van der Waals surface area contributed by atoms with Crippen LogP contribution in [0.25, 0.3) is 0 Å². The normalized spacial score (nSPS) is 41.4. The number of rotatable bonds is 2. The zero-order chi connectivity index (χ0) is 7.78. The molecule has 1 saturated heterocycles. The minimum atomic E-state index is -0.851. The second kappa shape index (κ2) is 2.47. The van der Waals surface area contributed by atoms with Crippen molar-refractivity contribution in [3.63, 3.8) is 0 Å². The monoisotopic (exact) mass is 146 g/mol. The van der Waals surface area contributed by atoms with E-state index in [1.165, 1.54) is 0 Å². The number of hydrogen-bond donors (Lipinski definition) is 2. The Morgan fingerprint density at radius 3 is 2.70 bits per heavy atom. The summed E-state index contributed by atoms with van der Waals surface area (Å²) in [5.41, 5.74) is 2.04. The summed E-state index contributed by atoms with van der Waals surface area (Å²) in [5.74, 6) is 0. The lowest BCUT2D eigenvalue weighted by Gasteiger charge is -2.51. The van der Waals surface area contributed by atoms with Gasteiger partial charge in [-0.05, 0) is 13.8 Å². The molecule has 0 aromatic carbocycles. The van der Waals surface area contributed by atoms with Gasteiger partial charge in [0.1, 0.15) is 0 Å². The average Bonchev–Trinajstić information content (AvgIpc) is 1.88. The van der Waals surface area contributed by atoms with Gasteiger partial charge in [0.05, 0.1) is 0 Å². The van der Waals surface area contributed by atoms with Crippen LogP contribution in [0.15, 0.2) is 0 Å². The topological polar surface area (TPSA) is 44.7 Å². The van der Waals surface area contributed by atoms with Crippen molar-refractivity contribution >= 4 is 0 Å². The van der Waals surface area contributed by atoms with Crippen molar-refractivity contribution in [3.8, 4) is 0 Å². The van der Waals surface area contributed by atoms with Crippen LogP contribution >= 0.6 is 0 Å². The van der Waals surface area contributed by atoms with E-state index in [0.717, 1.165) is 0 Å². The molecule has 0 aromatic rings. The van der Waals surface area contributed by atoms with Gasteiger partial charge in [-0.1, -0.05) is 0 Å². The van der Waals surface area contributed by atoms with Gasteiger partial charge in [0, 0.05) is 13.7 Å². The first-order valence-electron chi connectivity index (χ1n) is 3.43. The van der Waals surface area contributed by atoms with E-state index in [1.807, 2.05) is 6.92 Å². The number of nitrogens with one attached hydrogen (secondary N) is 1. The van der Waals surface area contributed by atoms with Gasteiger partial charge in [0.15, 0.2) is 12.0 Å². The molecule has 1 heterocycles. The van der Waals surface area contributed by atoms with Crippen molar-refractivity contribution in [1.29, 1.82) is 0 Å². The number of hydrogen-bond acceptors (Lipinski definition) is 4. The quantitative estimate of drug-likeness (QED) is 0.551. The number of likely N-dealkylation sites (N-methyl/N-ethyl adjacent to an activating group) is 1. The lowest BCUT2D eigenvalue weighted by molar-refractivity contribution is -0.301. The summed E-state index contributed by atoms with van der Waals surface area (Å²) < 4.78 is 5.16. The predicted octanol–water partition coefficient (Wildman–Crippen LogP) is -0.493. The van der Waals surface area contributed by atoms with Crippen LogP contribution in [0.3, 0.4) is 0 Å². The summed E-state index contributed by atoms with van der Waals surface area (Å²) >= 11 is 0.